The number of morpholine rings is 1. The van der Waals surface area contributed by atoms with Crippen molar-refractivity contribution < 1.29 is 19.1 Å². The first-order chi connectivity index (χ1) is 11.2. The molecule has 1 fully saturated rings. The Hall–Kier alpha value is -2.21. The Morgan fingerprint density at radius 1 is 1.22 bits per heavy atom. The van der Waals surface area contributed by atoms with E-state index in [9.17, 15) is 14.4 Å². The van der Waals surface area contributed by atoms with Gasteiger partial charge in [0.25, 0.3) is 5.91 Å². The highest BCUT2D eigenvalue weighted by molar-refractivity contribution is 5.97. The molecule has 124 valence electrons. The fraction of sp³-hybridized carbons (Fsp3) is 0.471. The molecular formula is C17H22N2O4. The number of unbranched alkanes of at least 4 members (excludes halogenated alkanes) is 1. The van der Waals surface area contributed by atoms with E-state index in [0.29, 0.717) is 51.1 Å². The summed E-state index contributed by atoms with van der Waals surface area (Å²) in [6.45, 7) is 2.09. The number of benzene rings is 1. The highest BCUT2D eigenvalue weighted by atomic mass is 16.5. The van der Waals surface area contributed by atoms with Crippen molar-refractivity contribution in [3.05, 3.63) is 35.9 Å². The van der Waals surface area contributed by atoms with Crippen LogP contribution in [0.2, 0.25) is 0 Å². The van der Waals surface area contributed by atoms with Crippen LogP contribution in [0, 0.1) is 0 Å². The number of carbonyl (C=O) groups is 3. The molecule has 1 aliphatic heterocycles. The topological polar surface area (TPSA) is 75.7 Å². The molecule has 1 unspecified atom stereocenters. The molecule has 0 saturated carbocycles. The van der Waals surface area contributed by atoms with Gasteiger partial charge in [0.15, 0.2) is 0 Å². The summed E-state index contributed by atoms with van der Waals surface area (Å²) in [5, 5.41) is 2.80. The fourth-order valence-corrected chi connectivity index (χ4v) is 2.50. The Kier molecular flexibility index (Phi) is 6.75. The average Bonchev–Trinajstić information content (AvgIpc) is 2.62. The van der Waals surface area contributed by atoms with Gasteiger partial charge < -0.3 is 19.7 Å². The van der Waals surface area contributed by atoms with Gasteiger partial charge in [-0.25, -0.2) is 0 Å². The van der Waals surface area contributed by atoms with Gasteiger partial charge in [-0.3, -0.25) is 9.59 Å². The van der Waals surface area contributed by atoms with E-state index < -0.39 is 6.04 Å². The van der Waals surface area contributed by atoms with Gasteiger partial charge >= 0.3 is 0 Å². The second-order valence-electron chi connectivity index (χ2n) is 5.43. The monoisotopic (exact) mass is 318 g/mol. The standard InChI is InChI=1S/C17H22N2O4/c20-11-5-4-8-15(17(22)19-9-12-23-13-10-19)18-16(21)14-6-2-1-3-7-14/h1-3,6-7,11,15H,4-5,8-10,12-13H2,(H,18,21). The lowest BCUT2D eigenvalue weighted by atomic mass is 10.1. The van der Waals surface area contributed by atoms with Crippen LogP contribution in [-0.4, -0.2) is 55.3 Å². The number of nitrogens with one attached hydrogen (secondary N) is 1. The zero-order valence-corrected chi connectivity index (χ0v) is 13.1. The minimum Gasteiger partial charge on any atom is -0.378 e. The lowest BCUT2D eigenvalue weighted by Gasteiger charge is -2.30. The van der Waals surface area contributed by atoms with Crippen LogP contribution in [0.1, 0.15) is 29.6 Å². The maximum atomic E-state index is 12.6. The number of rotatable bonds is 7. The minimum atomic E-state index is -0.610. The summed E-state index contributed by atoms with van der Waals surface area (Å²) in [4.78, 5) is 37.1. The average molecular weight is 318 g/mol. The summed E-state index contributed by atoms with van der Waals surface area (Å²) in [6, 6.07) is 8.19. The Labute approximate surface area is 135 Å². The van der Waals surface area contributed by atoms with E-state index in [0.717, 1.165) is 6.29 Å². The van der Waals surface area contributed by atoms with E-state index in [-0.39, 0.29) is 11.8 Å². The highest BCUT2D eigenvalue weighted by Gasteiger charge is 2.27. The highest BCUT2D eigenvalue weighted by Crippen LogP contribution is 2.09. The maximum Gasteiger partial charge on any atom is 0.251 e. The predicted molar refractivity (Wildman–Crippen MR) is 85.0 cm³/mol. The van der Waals surface area contributed by atoms with Gasteiger partial charge in [0, 0.05) is 25.1 Å². The lowest BCUT2D eigenvalue weighted by molar-refractivity contribution is -0.137. The molecule has 6 heteroatoms. The van der Waals surface area contributed by atoms with Crippen LogP contribution in [0.15, 0.2) is 30.3 Å². The van der Waals surface area contributed by atoms with Crippen molar-refractivity contribution in [3.8, 4) is 0 Å². The van der Waals surface area contributed by atoms with Gasteiger partial charge in [-0.05, 0) is 25.0 Å². The van der Waals surface area contributed by atoms with Crippen molar-refractivity contribution in [1.82, 2.24) is 10.2 Å². The molecule has 1 saturated heterocycles. The first kappa shape index (κ1) is 17.1. The van der Waals surface area contributed by atoms with Gasteiger partial charge in [-0.1, -0.05) is 18.2 Å². The van der Waals surface area contributed by atoms with Gasteiger partial charge in [-0.15, -0.1) is 0 Å². The number of hydrogen-bond donors (Lipinski definition) is 1. The molecular weight excluding hydrogens is 296 g/mol. The van der Waals surface area contributed by atoms with Crippen LogP contribution in [0.3, 0.4) is 0 Å². The Balaban J connectivity index is 2.01. The maximum absolute atomic E-state index is 12.6. The van der Waals surface area contributed by atoms with Crippen molar-refractivity contribution >= 4 is 18.1 Å². The molecule has 6 nitrogen and oxygen atoms in total. The quantitative estimate of drug-likeness (QED) is 0.601. The van der Waals surface area contributed by atoms with Crippen LogP contribution >= 0.6 is 0 Å². The molecule has 2 amide bonds. The summed E-state index contributed by atoms with van der Waals surface area (Å²) < 4.78 is 5.25. The van der Waals surface area contributed by atoms with Crippen LogP contribution in [0.5, 0.6) is 0 Å². The second kappa shape index (κ2) is 9.05. The zero-order chi connectivity index (χ0) is 16.5. The summed E-state index contributed by atoms with van der Waals surface area (Å²) >= 11 is 0. The molecule has 0 spiro atoms. The minimum absolute atomic E-state index is 0.108. The van der Waals surface area contributed by atoms with Crippen molar-refractivity contribution in [2.75, 3.05) is 26.3 Å². The van der Waals surface area contributed by atoms with Crippen molar-refractivity contribution in [2.24, 2.45) is 0 Å². The van der Waals surface area contributed by atoms with E-state index in [1.165, 1.54) is 0 Å². The van der Waals surface area contributed by atoms with Crippen LogP contribution in [0.4, 0.5) is 0 Å². The van der Waals surface area contributed by atoms with Gasteiger partial charge in [-0.2, -0.15) is 0 Å². The third-order valence-corrected chi connectivity index (χ3v) is 3.78. The van der Waals surface area contributed by atoms with Crippen molar-refractivity contribution in [1.29, 1.82) is 0 Å². The van der Waals surface area contributed by atoms with E-state index in [2.05, 4.69) is 5.32 Å². The zero-order valence-electron chi connectivity index (χ0n) is 13.1. The SMILES string of the molecule is O=CCCCC(NC(=O)c1ccccc1)C(=O)N1CCOCC1. The molecule has 1 heterocycles. The van der Waals surface area contributed by atoms with Gasteiger partial charge in [0.05, 0.1) is 13.2 Å². The number of hydrogen-bond acceptors (Lipinski definition) is 4. The third-order valence-electron chi connectivity index (χ3n) is 3.78. The number of amides is 2. The molecule has 1 aromatic carbocycles. The summed E-state index contributed by atoms with van der Waals surface area (Å²) in [7, 11) is 0. The fourth-order valence-electron chi connectivity index (χ4n) is 2.50. The molecule has 0 bridgehead atoms. The van der Waals surface area contributed by atoms with Gasteiger partial charge in [0.2, 0.25) is 5.91 Å². The molecule has 0 aromatic heterocycles. The largest absolute Gasteiger partial charge is 0.378 e. The molecule has 1 aliphatic rings. The summed E-state index contributed by atoms with van der Waals surface area (Å²) in [6.07, 6.45) is 2.23. The van der Waals surface area contributed by atoms with E-state index in [1.54, 1.807) is 29.2 Å². The van der Waals surface area contributed by atoms with Crippen LogP contribution in [-0.2, 0) is 14.3 Å². The summed E-state index contributed by atoms with van der Waals surface area (Å²) in [5.41, 5.74) is 0.516. The molecule has 0 aliphatic carbocycles. The molecule has 0 radical (unpaired) electrons. The number of carbonyl (C=O) groups excluding carboxylic acids is 3. The smallest absolute Gasteiger partial charge is 0.251 e. The van der Waals surface area contributed by atoms with Crippen LogP contribution in [0.25, 0.3) is 0 Å². The Bertz CT molecular complexity index is 527. The van der Waals surface area contributed by atoms with Crippen molar-refractivity contribution in [3.63, 3.8) is 0 Å². The normalized spacial score (nSPS) is 15.7. The first-order valence-corrected chi connectivity index (χ1v) is 7.88. The Morgan fingerprint density at radius 2 is 1.91 bits per heavy atom. The van der Waals surface area contributed by atoms with Gasteiger partial charge in [0.1, 0.15) is 12.3 Å². The number of aldehydes is 1. The second-order valence-corrected chi connectivity index (χ2v) is 5.43. The lowest BCUT2D eigenvalue weighted by Crippen LogP contribution is -2.51. The predicted octanol–water partition coefficient (Wildman–Crippen LogP) is 1.01. The van der Waals surface area contributed by atoms with Crippen LogP contribution < -0.4 is 5.32 Å². The third kappa shape index (κ3) is 5.17. The van der Waals surface area contributed by atoms with Crippen molar-refractivity contribution in [2.45, 2.75) is 25.3 Å². The van der Waals surface area contributed by atoms with E-state index in [4.69, 9.17) is 4.74 Å². The molecule has 1 N–H and O–H groups in total. The van der Waals surface area contributed by atoms with E-state index in [1.807, 2.05) is 6.07 Å². The Morgan fingerprint density at radius 3 is 2.57 bits per heavy atom. The van der Waals surface area contributed by atoms with E-state index >= 15 is 0 Å². The number of nitrogens with zero attached hydrogens (tertiary/aromatic N) is 1. The summed E-state index contributed by atoms with van der Waals surface area (Å²) in [5.74, 6) is -0.383. The first-order valence-electron chi connectivity index (χ1n) is 7.88. The number of ether oxygens (including phenoxy) is 1. The molecule has 2 rings (SSSR count). The molecule has 1 atom stereocenters. The molecule has 23 heavy (non-hydrogen) atoms. The molecule has 1 aromatic rings.